The van der Waals surface area contributed by atoms with E-state index in [1.807, 2.05) is 26.8 Å². The van der Waals surface area contributed by atoms with Crippen LogP contribution in [0.4, 0.5) is 0 Å². The van der Waals surface area contributed by atoms with Crippen LogP contribution in [-0.2, 0) is 4.74 Å². The highest BCUT2D eigenvalue weighted by Crippen LogP contribution is 2.23. The smallest absolute Gasteiger partial charge is 0.255 e. The van der Waals surface area contributed by atoms with Crippen molar-refractivity contribution < 1.29 is 9.53 Å². The number of ether oxygens (including phenoxy) is 1. The Hall–Kier alpha value is -1.13. The number of alkyl halides is 1. The van der Waals surface area contributed by atoms with E-state index in [0.29, 0.717) is 24.5 Å². The summed E-state index contributed by atoms with van der Waals surface area (Å²) in [6.07, 6.45) is 3.22. The van der Waals surface area contributed by atoms with Gasteiger partial charge in [0.2, 0.25) is 0 Å². The van der Waals surface area contributed by atoms with Crippen LogP contribution in [0.15, 0.2) is 18.5 Å². The topological polar surface area (TPSA) is 42.4 Å². The third kappa shape index (κ3) is 3.45. The van der Waals surface area contributed by atoms with Gasteiger partial charge in [-0.1, -0.05) is 0 Å². The first-order chi connectivity index (χ1) is 8.91. The Morgan fingerprint density at radius 3 is 2.95 bits per heavy atom. The first kappa shape index (κ1) is 14.3. The zero-order valence-electron chi connectivity index (χ0n) is 11.5. The Morgan fingerprint density at radius 1 is 1.58 bits per heavy atom. The molecule has 19 heavy (non-hydrogen) atoms. The van der Waals surface area contributed by atoms with Gasteiger partial charge in [-0.15, -0.1) is 11.6 Å². The average Bonchev–Trinajstić information content (AvgIpc) is 2.36. The summed E-state index contributed by atoms with van der Waals surface area (Å²) in [7, 11) is 0. The van der Waals surface area contributed by atoms with E-state index in [9.17, 15) is 4.79 Å². The number of nitrogens with zero attached hydrogens (tertiary/aromatic N) is 2. The molecule has 4 nitrogen and oxygen atoms in total. The molecule has 0 aromatic carbocycles. The molecule has 5 heteroatoms. The van der Waals surface area contributed by atoms with E-state index >= 15 is 0 Å². The molecule has 2 rings (SSSR count). The fraction of sp³-hybridized carbons (Fsp3) is 0.571. The lowest BCUT2D eigenvalue weighted by molar-refractivity contribution is -0.117. The number of hydrogen-bond donors (Lipinski definition) is 0. The molecule has 0 radical (unpaired) electrons. The van der Waals surface area contributed by atoms with E-state index in [1.54, 1.807) is 17.3 Å². The number of pyridine rings is 1. The minimum atomic E-state index is -0.370. The number of morpholine rings is 1. The Balaban J connectivity index is 2.18. The lowest BCUT2D eigenvalue weighted by Crippen LogP contribution is -2.55. The molecule has 1 aliphatic heterocycles. The average molecular weight is 283 g/mol. The molecule has 0 aliphatic carbocycles. The van der Waals surface area contributed by atoms with Gasteiger partial charge in [-0.2, -0.15) is 0 Å². The van der Waals surface area contributed by atoms with Gasteiger partial charge in [-0.3, -0.25) is 9.78 Å². The van der Waals surface area contributed by atoms with E-state index in [0.717, 1.165) is 5.56 Å². The van der Waals surface area contributed by atoms with Crippen LogP contribution in [0.1, 0.15) is 29.8 Å². The fourth-order valence-corrected chi connectivity index (χ4v) is 2.55. The SMILES string of the molecule is Cc1cncc(C(=O)N2CC(CCl)OC(C)(C)C2)c1. The van der Waals surface area contributed by atoms with Crippen molar-refractivity contribution in [3.05, 3.63) is 29.6 Å². The van der Waals surface area contributed by atoms with Crippen LogP contribution in [0.3, 0.4) is 0 Å². The Bertz CT molecular complexity index is 476. The quantitative estimate of drug-likeness (QED) is 0.782. The molecule has 2 heterocycles. The van der Waals surface area contributed by atoms with Crippen molar-refractivity contribution in [3.8, 4) is 0 Å². The third-order valence-corrected chi connectivity index (χ3v) is 3.41. The maximum atomic E-state index is 12.5. The van der Waals surface area contributed by atoms with Crippen molar-refractivity contribution in [1.82, 2.24) is 9.88 Å². The molecule has 0 saturated carbocycles. The molecule has 0 N–H and O–H groups in total. The molecular weight excluding hydrogens is 264 g/mol. The summed E-state index contributed by atoms with van der Waals surface area (Å²) >= 11 is 5.87. The molecule has 1 fully saturated rings. The number of carbonyl (C=O) groups is 1. The summed E-state index contributed by atoms with van der Waals surface area (Å²) in [5.41, 5.74) is 1.23. The van der Waals surface area contributed by atoms with Crippen molar-refractivity contribution >= 4 is 17.5 Å². The van der Waals surface area contributed by atoms with E-state index in [4.69, 9.17) is 16.3 Å². The normalized spacial score (nSPS) is 22.3. The molecule has 1 aromatic rings. The molecule has 0 bridgehead atoms. The van der Waals surface area contributed by atoms with E-state index in [2.05, 4.69) is 4.98 Å². The van der Waals surface area contributed by atoms with Crippen LogP contribution >= 0.6 is 11.6 Å². The van der Waals surface area contributed by atoms with Gasteiger partial charge in [0.15, 0.2) is 0 Å². The highest BCUT2D eigenvalue weighted by Gasteiger charge is 2.35. The molecule has 1 saturated heterocycles. The monoisotopic (exact) mass is 282 g/mol. The number of aromatic nitrogens is 1. The Morgan fingerprint density at radius 2 is 2.32 bits per heavy atom. The number of carbonyl (C=O) groups excluding carboxylic acids is 1. The number of aryl methyl sites for hydroxylation is 1. The summed E-state index contributed by atoms with van der Waals surface area (Å²) < 4.78 is 5.82. The van der Waals surface area contributed by atoms with Crippen molar-refractivity contribution in [2.45, 2.75) is 32.5 Å². The predicted molar refractivity (Wildman–Crippen MR) is 74.5 cm³/mol. The van der Waals surface area contributed by atoms with Crippen LogP contribution in [0.25, 0.3) is 0 Å². The molecule has 1 unspecified atom stereocenters. The first-order valence-corrected chi connectivity index (χ1v) is 6.89. The Kier molecular flexibility index (Phi) is 4.11. The zero-order valence-corrected chi connectivity index (χ0v) is 12.3. The summed E-state index contributed by atoms with van der Waals surface area (Å²) in [6, 6.07) is 1.85. The zero-order chi connectivity index (χ0) is 14.0. The fourth-order valence-electron chi connectivity index (χ4n) is 2.39. The van der Waals surface area contributed by atoms with Gasteiger partial charge in [0, 0.05) is 25.5 Å². The van der Waals surface area contributed by atoms with Gasteiger partial charge in [-0.05, 0) is 32.4 Å². The number of rotatable bonds is 2. The van der Waals surface area contributed by atoms with Crippen LogP contribution in [0, 0.1) is 6.92 Å². The molecular formula is C14H19ClN2O2. The summed E-state index contributed by atoms with van der Waals surface area (Å²) in [5.74, 6) is 0.377. The molecule has 1 aromatic heterocycles. The van der Waals surface area contributed by atoms with Crippen molar-refractivity contribution in [3.63, 3.8) is 0 Å². The second-order valence-corrected chi connectivity index (χ2v) is 5.90. The second-order valence-electron chi connectivity index (χ2n) is 5.59. The number of halogens is 1. The molecule has 104 valence electrons. The summed E-state index contributed by atoms with van der Waals surface area (Å²) in [4.78, 5) is 18.4. The summed E-state index contributed by atoms with van der Waals surface area (Å²) in [6.45, 7) is 6.96. The largest absolute Gasteiger partial charge is 0.367 e. The van der Waals surface area contributed by atoms with Gasteiger partial charge < -0.3 is 9.64 Å². The van der Waals surface area contributed by atoms with Crippen molar-refractivity contribution in [2.75, 3.05) is 19.0 Å². The number of amides is 1. The standard InChI is InChI=1S/C14H19ClN2O2/c1-10-4-11(7-16-6-10)13(18)17-8-12(5-15)19-14(2,3)9-17/h4,6-7,12H,5,8-9H2,1-3H3. The minimum Gasteiger partial charge on any atom is -0.367 e. The maximum absolute atomic E-state index is 12.5. The van der Waals surface area contributed by atoms with Gasteiger partial charge in [-0.25, -0.2) is 0 Å². The minimum absolute atomic E-state index is 0.0114. The molecule has 1 aliphatic rings. The maximum Gasteiger partial charge on any atom is 0.255 e. The highest BCUT2D eigenvalue weighted by molar-refractivity contribution is 6.18. The lowest BCUT2D eigenvalue weighted by Gasteiger charge is -2.42. The molecule has 1 amide bonds. The van der Waals surface area contributed by atoms with Crippen LogP contribution < -0.4 is 0 Å². The van der Waals surface area contributed by atoms with Crippen LogP contribution in [-0.4, -0.2) is 46.5 Å². The first-order valence-electron chi connectivity index (χ1n) is 6.36. The number of hydrogen-bond acceptors (Lipinski definition) is 3. The second kappa shape index (κ2) is 5.47. The Labute approximate surface area is 118 Å². The van der Waals surface area contributed by atoms with Crippen LogP contribution in [0.5, 0.6) is 0 Å². The third-order valence-electron chi connectivity index (χ3n) is 3.06. The lowest BCUT2D eigenvalue weighted by atomic mass is 10.0. The molecule has 1 atom stereocenters. The summed E-state index contributed by atoms with van der Waals surface area (Å²) in [5, 5.41) is 0. The van der Waals surface area contributed by atoms with Crippen molar-refractivity contribution in [2.24, 2.45) is 0 Å². The van der Waals surface area contributed by atoms with Gasteiger partial charge in [0.25, 0.3) is 5.91 Å². The van der Waals surface area contributed by atoms with Crippen LogP contribution in [0.2, 0.25) is 0 Å². The highest BCUT2D eigenvalue weighted by atomic mass is 35.5. The van der Waals surface area contributed by atoms with E-state index < -0.39 is 0 Å². The van der Waals surface area contributed by atoms with E-state index in [1.165, 1.54) is 0 Å². The van der Waals surface area contributed by atoms with Gasteiger partial charge in [0.1, 0.15) is 0 Å². The predicted octanol–water partition coefficient (Wildman–Crippen LogP) is 2.25. The van der Waals surface area contributed by atoms with E-state index in [-0.39, 0.29) is 17.6 Å². The molecule has 0 spiro atoms. The van der Waals surface area contributed by atoms with Crippen molar-refractivity contribution in [1.29, 1.82) is 0 Å². The van der Waals surface area contributed by atoms with Gasteiger partial charge >= 0.3 is 0 Å². The van der Waals surface area contributed by atoms with Gasteiger partial charge in [0.05, 0.1) is 23.1 Å².